The van der Waals surface area contributed by atoms with E-state index in [1.807, 2.05) is 23.1 Å². The molecule has 6 nitrogen and oxygen atoms in total. The average molecular weight is 448 g/mol. The van der Waals surface area contributed by atoms with Crippen molar-refractivity contribution in [3.05, 3.63) is 18.5 Å². The first-order valence-corrected chi connectivity index (χ1v) is 9.00. The molecule has 0 saturated carbocycles. The molecule has 0 amide bonds. The molecule has 2 rings (SSSR count). The van der Waals surface area contributed by atoms with Gasteiger partial charge in [0.2, 0.25) is 0 Å². The third-order valence-electron chi connectivity index (χ3n) is 4.18. The maximum absolute atomic E-state index is 4.65. The van der Waals surface area contributed by atoms with E-state index in [0.29, 0.717) is 0 Å². The summed E-state index contributed by atoms with van der Waals surface area (Å²) in [6.07, 6.45) is 7.53. The number of aryl methyl sites for hydroxylation is 1. The van der Waals surface area contributed by atoms with Crippen molar-refractivity contribution in [1.82, 2.24) is 25.3 Å². The number of aromatic nitrogens is 2. The number of likely N-dealkylation sites (tertiary alicyclic amines) is 1. The Balaban J connectivity index is 0.00000288. The van der Waals surface area contributed by atoms with Gasteiger partial charge in [-0.1, -0.05) is 6.92 Å². The zero-order valence-electron chi connectivity index (χ0n) is 15.1. The minimum absolute atomic E-state index is 0. The molecule has 1 atom stereocenters. The topological polar surface area (TPSA) is 57.5 Å². The van der Waals surface area contributed by atoms with Crippen molar-refractivity contribution in [1.29, 1.82) is 0 Å². The summed E-state index contributed by atoms with van der Waals surface area (Å²) in [4.78, 5) is 7.20. The van der Waals surface area contributed by atoms with E-state index in [9.17, 15) is 0 Å². The SMILES string of the molecule is CCNC(=NCCCn1cccn1)NCCN1CCCC(C)C1.I. The number of nitrogens with one attached hydrogen (secondary N) is 2. The number of aliphatic imine (C=N–C) groups is 1. The fraction of sp³-hybridized carbons (Fsp3) is 0.765. The Kier molecular flexibility index (Phi) is 11.1. The molecule has 0 aromatic carbocycles. The summed E-state index contributed by atoms with van der Waals surface area (Å²) >= 11 is 0. The van der Waals surface area contributed by atoms with Crippen LogP contribution in [0.4, 0.5) is 0 Å². The van der Waals surface area contributed by atoms with Crippen molar-refractivity contribution < 1.29 is 0 Å². The van der Waals surface area contributed by atoms with Crippen molar-refractivity contribution in [3.8, 4) is 0 Å². The molecule has 138 valence electrons. The van der Waals surface area contributed by atoms with Gasteiger partial charge in [-0.15, -0.1) is 24.0 Å². The normalized spacial score (nSPS) is 18.9. The van der Waals surface area contributed by atoms with E-state index in [0.717, 1.165) is 51.0 Å². The summed E-state index contributed by atoms with van der Waals surface area (Å²) in [7, 11) is 0. The zero-order chi connectivity index (χ0) is 16.3. The molecular formula is C17H33IN6. The molecule has 1 aromatic rings. The van der Waals surface area contributed by atoms with Gasteiger partial charge in [0, 0.05) is 51.7 Å². The highest BCUT2D eigenvalue weighted by molar-refractivity contribution is 14.0. The standard InChI is InChI=1S/C17H32N6.HI/c1-3-18-17(19-8-5-12-23-13-6-9-21-23)20-10-14-22-11-4-7-16(2)15-22;/h6,9,13,16H,3-5,7-8,10-12,14-15H2,1-2H3,(H2,18,19,20);1H. The van der Waals surface area contributed by atoms with Gasteiger partial charge in [-0.3, -0.25) is 9.67 Å². The van der Waals surface area contributed by atoms with Gasteiger partial charge in [0.1, 0.15) is 0 Å². The third-order valence-corrected chi connectivity index (χ3v) is 4.18. The third kappa shape index (κ3) is 8.32. The van der Waals surface area contributed by atoms with Gasteiger partial charge in [0.05, 0.1) is 0 Å². The Bertz CT molecular complexity index is 448. The number of halogens is 1. The van der Waals surface area contributed by atoms with Gasteiger partial charge in [-0.2, -0.15) is 5.10 Å². The molecule has 1 saturated heterocycles. The Morgan fingerprint density at radius 3 is 2.92 bits per heavy atom. The average Bonchev–Trinajstić information content (AvgIpc) is 3.05. The predicted molar refractivity (Wildman–Crippen MR) is 111 cm³/mol. The summed E-state index contributed by atoms with van der Waals surface area (Å²) < 4.78 is 1.95. The van der Waals surface area contributed by atoms with Crippen LogP contribution < -0.4 is 10.6 Å². The fourth-order valence-corrected chi connectivity index (χ4v) is 3.02. The Labute approximate surface area is 163 Å². The van der Waals surface area contributed by atoms with Gasteiger partial charge in [0.15, 0.2) is 5.96 Å². The number of piperidine rings is 1. The van der Waals surface area contributed by atoms with E-state index in [2.05, 4.69) is 39.5 Å². The highest BCUT2D eigenvalue weighted by Gasteiger charge is 2.15. The number of guanidine groups is 1. The van der Waals surface area contributed by atoms with E-state index in [1.54, 1.807) is 0 Å². The monoisotopic (exact) mass is 448 g/mol. The van der Waals surface area contributed by atoms with Crippen LogP contribution in [0.15, 0.2) is 23.5 Å². The van der Waals surface area contributed by atoms with Crippen LogP contribution in [0, 0.1) is 5.92 Å². The first kappa shape index (κ1) is 21.2. The van der Waals surface area contributed by atoms with Crippen molar-refractivity contribution in [2.45, 2.75) is 39.7 Å². The summed E-state index contributed by atoms with van der Waals surface area (Å²) in [6.45, 7) is 11.6. The number of hydrogen-bond acceptors (Lipinski definition) is 3. The molecule has 0 bridgehead atoms. The largest absolute Gasteiger partial charge is 0.357 e. The summed E-state index contributed by atoms with van der Waals surface area (Å²) in [5, 5.41) is 11.0. The Morgan fingerprint density at radius 1 is 1.33 bits per heavy atom. The van der Waals surface area contributed by atoms with Gasteiger partial charge in [0.25, 0.3) is 0 Å². The second kappa shape index (κ2) is 12.5. The van der Waals surface area contributed by atoms with E-state index in [1.165, 1.54) is 25.9 Å². The molecule has 0 aliphatic carbocycles. The molecule has 2 N–H and O–H groups in total. The summed E-state index contributed by atoms with van der Waals surface area (Å²) in [5.41, 5.74) is 0. The molecule has 1 aromatic heterocycles. The van der Waals surface area contributed by atoms with E-state index >= 15 is 0 Å². The second-order valence-corrected chi connectivity index (χ2v) is 6.36. The first-order chi connectivity index (χ1) is 11.3. The lowest BCUT2D eigenvalue weighted by molar-refractivity contribution is 0.187. The zero-order valence-corrected chi connectivity index (χ0v) is 17.4. The lowest BCUT2D eigenvalue weighted by Crippen LogP contribution is -2.43. The van der Waals surface area contributed by atoms with Crippen molar-refractivity contribution in [3.63, 3.8) is 0 Å². The Hall–Kier alpha value is -0.830. The Morgan fingerprint density at radius 2 is 2.21 bits per heavy atom. The van der Waals surface area contributed by atoms with Crippen LogP contribution in [-0.2, 0) is 6.54 Å². The highest BCUT2D eigenvalue weighted by atomic mass is 127. The van der Waals surface area contributed by atoms with Crippen molar-refractivity contribution in [2.24, 2.45) is 10.9 Å². The molecule has 7 heteroatoms. The molecule has 0 spiro atoms. The van der Waals surface area contributed by atoms with Crippen molar-refractivity contribution in [2.75, 3.05) is 39.3 Å². The van der Waals surface area contributed by atoms with Crippen LogP contribution in [0.2, 0.25) is 0 Å². The molecule has 0 radical (unpaired) electrons. The minimum Gasteiger partial charge on any atom is -0.357 e. The van der Waals surface area contributed by atoms with Crippen LogP contribution in [-0.4, -0.2) is 59.9 Å². The van der Waals surface area contributed by atoms with E-state index in [4.69, 9.17) is 0 Å². The van der Waals surface area contributed by atoms with Gasteiger partial charge in [-0.25, -0.2) is 0 Å². The fourth-order valence-electron chi connectivity index (χ4n) is 3.02. The first-order valence-electron chi connectivity index (χ1n) is 9.00. The molecule has 2 heterocycles. The quantitative estimate of drug-likeness (QED) is 0.277. The predicted octanol–water partition coefficient (Wildman–Crippen LogP) is 2.18. The maximum Gasteiger partial charge on any atom is 0.191 e. The minimum atomic E-state index is 0. The second-order valence-electron chi connectivity index (χ2n) is 6.36. The van der Waals surface area contributed by atoms with Crippen LogP contribution in [0.3, 0.4) is 0 Å². The maximum atomic E-state index is 4.65. The van der Waals surface area contributed by atoms with E-state index < -0.39 is 0 Å². The number of nitrogens with zero attached hydrogens (tertiary/aromatic N) is 4. The molecule has 1 unspecified atom stereocenters. The van der Waals surface area contributed by atoms with Gasteiger partial charge < -0.3 is 15.5 Å². The lowest BCUT2D eigenvalue weighted by atomic mass is 10.0. The highest BCUT2D eigenvalue weighted by Crippen LogP contribution is 2.14. The van der Waals surface area contributed by atoms with Gasteiger partial charge in [-0.05, 0) is 44.7 Å². The summed E-state index contributed by atoms with van der Waals surface area (Å²) in [5.74, 6) is 1.77. The molecule has 1 aliphatic heterocycles. The van der Waals surface area contributed by atoms with Gasteiger partial charge >= 0.3 is 0 Å². The number of hydrogen-bond donors (Lipinski definition) is 2. The number of rotatable bonds is 8. The van der Waals surface area contributed by atoms with Crippen molar-refractivity contribution >= 4 is 29.9 Å². The molecular weight excluding hydrogens is 415 g/mol. The van der Waals surface area contributed by atoms with E-state index in [-0.39, 0.29) is 24.0 Å². The molecule has 24 heavy (non-hydrogen) atoms. The smallest absolute Gasteiger partial charge is 0.191 e. The van der Waals surface area contributed by atoms with Crippen LogP contribution >= 0.6 is 24.0 Å². The molecule has 1 aliphatic rings. The molecule has 1 fully saturated rings. The van der Waals surface area contributed by atoms with Crippen LogP contribution in [0.1, 0.15) is 33.1 Å². The summed E-state index contributed by atoms with van der Waals surface area (Å²) in [6, 6.07) is 1.95. The van der Waals surface area contributed by atoms with Crippen LogP contribution in [0.5, 0.6) is 0 Å². The van der Waals surface area contributed by atoms with Crippen LogP contribution in [0.25, 0.3) is 0 Å². The lowest BCUT2D eigenvalue weighted by Gasteiger charge is -2.30.